The van der Waals surface area contributed by atoms with Gasteiger partial charge in [-0.05, 0) is 73.5 Å². The molecule has 3 rings (SSSR count). The second-order valence-electron chi connectivity index (χ2n) is 7.48. The first-order chi connectivity index (χ1) is 15.6. The normalized spacial score (nSPS) is 12.2. The number of halogens is 2. The molecule has 33 heavy (non-hydrogen) atoms. The van der Waals surface area contributed by atoms with Gasteiger partial charge in [0, 0.05) is 9.50 Å². The van der Waals surface area contributed by atoms with Crippen molar-refractivity contribution in [2.24, 2.45) is 0 Å². The van der Waals surface area contributed by atoms with Crippen LogP contribution in [0.2, 0.25) is 5.02 Å². The Kier molecular flexibility index (Phi) is 8.05. The summed E-state index contributed by atoms with van der Waals surface area (Å²) >= 11 is 9.39. The van der Waals surface area contributed by atoms with Crippen molar-refractivity contribution in [2.75, 3.05) is 18.0 Å². The zero-order valence-corrected chi connectivity index (χ0v) is 21.5. The summed E-state index contributed by atoms with van der Waals surface area (Å²) in [5.74, 6) is -0.251. The number of aryl methyl sites for hydroxylation is 1. The Morgan fingerprint density at radius 1 is 1.09 bits per heavy atom. The van der Waals surface area contributed by atoms with E-state index in [1.54, 1.807) is 43.3 Å². The van der Waals surface area contributed by atoms with E-state index in [1.807, 2.05) is 31.2 Å². The van der Waals surface area contributed by atoms with Crippen LogP contribution in [-0.2, 0) is 14.8 Å². The summed E-state index contributed by atoms with van der Waals surface area (Å²) in [5.41, 5.74) is 1.96. The zero-order valence-electron chi connectivity index (χ0n) is 18.4. The third kappa shape index (κ3) is 6.07. The highest BCUT2D eigenvalue weighted by Gasteiger charge is 2.30. The van der Waals surface area contributed by atoms with E-state index >= 15 is 0 Å². The minimum Gasteiger partial charge on any atom is -0.495 e. The number of sulfonamides is 1. The molecule has 0 aromatic heterocycles. The van der Waals surface area contributed by atoms with Crippen molar-refractivity contribution in [3.63, 3.8) is 0 Å². The van der Waals surface area contributed by atoms with Gasteiger partial charge in [0.25, 0.3) is 10.0 Å². The fourth-order valence-electron chi connectivity index (χ4n) is 3.28. The largest absolute Gasteiger partial charge is 0.495 e. The summed E-state index contributed by atoms with van der Waals surface area (Å²) in [6, 6.07) is 18.4. The number of amides is 1. The maximum atomic E-state index is 13.7. The van der Waals surface area contributed by atoms with Gasteiger partial charge < -0.3 is 10.1 Å². The molecule has 9 heteroatoms. The molecule has 174 valence electrons. The Morgan fingerprint density at radius 2 is 1.73 bits per heavy atom. The number of rotatable bonds is 8. The fraction of sp³-hybridized carbons (Fsp3) is 0.208. The van der Waals surface area contributed by atoms with Gasteiger partial charge in [-0.25, -0.2) is 8.42 Å². The van der Waals surface area contributed by atoms with E-state index in [4.69, 9.17) is 16.3 Å². The van der Waals surface area contributed by atoms with E-state index in [9.17, 15) is 13.2 Å². The average molecular weight is 552 g/mol. The van der Waals surface area contributed by atoms with Gasteiger partial charge in [0.1, 0.15) is 17.2 Å². The van der Waals surface area contributed by atoms with Gasteiger partial charge in [0.15, 0.2) is 0 Å². The van der Waals surface area contributed by atoms with Crippen molar-refractivity contribution in [1.29, 1.82) is 0 Å². The van der Waals surface area contributed by atoms with Crippen LogP contribution in [0.25, 0.3) is 0 Å². The Balaban J connectivity index is 1.95. The van der Waals surface area contributed by atoms with E-state index in [0.29, 0.717) is 10.7 Å². The monoisotopic (exact) mass is 550 g/mol. The van der Waals surface area contributed by atoms with Crippen LogP contribution in [0.1, 0.15) is 24.1 Å². The third-order valence-corrected chi connectivity index (χ3v) is 7.61. The number of carbonyl (C=O) groups excluding carboxylic acids is 1. The van der Waals surface area contributed by atoms with Crippen molar-refractivity contribution in [1.82, 2.24) is 5.32 Å². The topological polar surface area (TPSA) is 75.7 Å². The van der Waals surface area contributed by atoms with Crippen molar-refractivity contribution in [3.05, 3.63) is 87.4 Å². The van der Waals surface area contributed by atoms with Gasteiger partial charge in [0.05, 0.1) is 18.8 Å². The molecule has 0 saturated heterocycles. The number of ether oxygens (including phenoxy) is 1. The molecular formula is C24H24BrClN2O4S. The summed E-state index contributed by atoms with van der Waals surface area (Å²) in [4.78, 5) is 12.9. The molecule has 0 bridgehead atoms. The lowest BCUT2D eigenvalue weighted by molar-refractivity contribution is -0.120. The molecular weight excluding hydrogens is 528 g/mol. The highest BCUT2D eigenvalue weighted by Crippen LogP contribution is 2.31. The molecule has 0 aliphatic heterocycles. The van der Waals surface area contributed by atoms with Gasteiger partial charge in [0.2, 0.25) is 5.91 Å². The lowest BCUT2D eigenvalue weighted by atomic mass is 10.1. The molecule has 0 aliphatic carbocycles. The maximum Gasteiger partial charge on any atom is 0.268 e. The summed E-state index contributed by atoms with van der Waals surface area (Å²) in [5, 5.41) is 3.33. The molecule has 3 aromatic rings. The number of anilines is 1. The summed E-state index contributed by atoms with van der Waals surface area (Å²) < 4.78 is 34.7. The number of hydrogen-bond donors (Lipinski definition) is 1. The van der Waals surface area contributed by atoms with Crippen LogP contribution in [-0.4, -0.2) is 28.0 Å². The predicted molar refractivity (Wildman–Crippen MR) is 134 cm³/mol. The maximum absolute atomic E-state index is 13.7. The number of methoxy groups -OCH3 is 1. The molecule has 0 aliphatic rings. The van der Waals surface area contributed by atoms with Gasteiger partial charge in [-0.1, -0.05) is 45.7 Å². The molecule has 3 aromatic carbocycles. The molecule has 0 radical (unpaired) electrons. The van der Waals surface area contributed by atoms with Gasteiger partial charge >= 0.3 is 0 Å². The first kappa shape index (κ1) is 25.1. The fourth-order valence-corrected chi connectivity index (χ4v) is 5.33. The van der Waals surface area contributed by atoms with E-state index < -0.39 is 22.5 Å². The lowest BCUT2D eigenvalue weighted by Gasteiger charge is -2.26. The van der Waals surface area contributed by atoms with E-state index in [1.165, 1.54) is 13.2 Å². The first-order valence-electron chi connectivity index (χ1n) is 10.1. The highest BCUT2D eigenvalue weighted by molar-refractivity contribution is 9.10. The van der Waals surface area contributed by atoms with Gasteiger partial charge in [-0.3, -0.25) is 9.10 Å². The predicted octanol–water partition coefficient (Wildman–Crippen LogP) is 5.49. The van der Waals surface area contributed by atoms with Crippen molar-refractivity contribution >= 4 is 49.1 Å². The molecule has 0 fully saturated rings. The average Bonchev–Trinajstić information content (AvgIpc) is 2.78. The van der Waals surface area contributed by atoms with Crippen LogP contribution >= 0.6 is 27.5 Å². The minimum absolute atomic E-state index is 0.0197. The van der Waals surface area contributed by atoms with E-state index in [-0.39, 0.29) is 16.7 Å². The molecule has 1 atom stereocenters. The Hall–Kier alpha value is -2.55. The number of hydrogen-bond acceptors (Lipinski definition) is 4. The molecule has 1 unspecified atom stereocenters. The van der Waals surface area contributed by atoms with Crippen molar-refractivity contribution in [3.8, 4) is 5.75 Å². The van der Waals surface area contributed by atoms with Crippen molar-refractivity contribution in [2.45, 2.75) is 24.8 Å². The smallest absolute Gasteiger partial charge is 0.268 e. The summed E-state index contributed by atoms with van der Waals surface area (Å²) in [6.45, 7) is 3.21. The van der Waals surface area contributed by atoms with E-state index in [0.717, 1.165) is 19.9 Å². The van der Waals surface area contributed by atoms with Gasteiger partial charge in [-0.2, -0.15) is 0 Å². The summed E-state index contributed by atoms with van der Waals surface area (Å²) in [7, 11) is -2.73. The minimum atomic E-state index is -4.14. The zero-order chi connectivity index (χ0) is 24.2. The lowest BCUT2D eigenvalue weighted by Crippen LogP contribution is -2.41. The Bertz CT molecular complexity index is 1230. The first-order valence-corrected chi connectivity index (χ1v) is 12.7. The second kappa shape index (κ2) is 10.6. The highest BCUT2D eigenvalue weighted by atomic mass is 79.9. The summed E-state index contributed by atoms with van der Waals surface area (Å²) in [6.07, 6.45) is 0. The Labute approximate surface area is 207 Å². The number of nitrogens with zero attached hydrogens (tertiary/aromatic N) is 1. The quantitative estimate of drug-likeness (QED) is 0.402. The van der Waals surface area contributed by atoms with Crippen molar-refractivity contribution < 1.29 is 17.9 Å². The number of nitrogens with one attached hydrogen (secondary N) is 1. The molecule has 0 heterocycles. The van der Waals surface area contributed by atoms with Gasteiger partial charge in [-0.15, -0.1) is 0 Å². The molecule has 0 spiro atoms. The van der Waals surface area contributed by atoms with Crippen LogP contribution in [0, 0.1) is 6.92 Å². The molecule has 6 nitrogen and oxygen atoms in total. The number of benzene rings is 3. The Morgan fingerprint density at radius 3 is 2.33 bits per heavy atom. The van der Waals surface area contributed by atoms with Crippen LogP contribution in [0.3, 0.4) is 0 Å². The second-order valence-corrected chi connectivity index (χ2v) is 10.7. The van der Waals surface area contributed by atoms with Crippen LogP contribution < -0.4 is 14.4 Å². The molecule has 0 saturated carbocycles. The van der Waals surface area contributed by atoms with Crippen LogP contribution in [0.4, 0.5) is 5.69 Å². The number of carbonyl (C=O) groups is 1. The van der Waals surface area contributed by atoms with Crippen LogP contribution in [0.15, 0.2) is 76.1 Å². The third-order valence-electron chi connectivity index (χ3n) is 5.04. The molecule has 1 N–H and O–H groups in total. The van der Waals surface area contributed by atoms with Crippen LogP contribution in [0.5, 0.6) is 5.75 Å². The standard InChI is InChI=1S/C24H24BrClN2O4S/c1-16-4-13-22(32-3)23(14-16)33(30,31)28(21-11-9-20(26)10-12-21)15-24(29)27-17(2)18-5-7-19(25)8-6-18/h4-14,17H,15H2,1-3H3,(H,27,29). The molecule has 1 amide bonds. The SMILES string of the molecule is COc1ccc(C)cc1S(=O)(=O)N(CC(=O)NC(C)c1ccc(Br)cc1)c1ccc(Cl)cc1. The van der Waals surface area contributed by atoms with E-state index in [2.05, 4.69) is 21.2 Å².